The average molecular weight is 334 g/mol. The zero-order chi connectivity index (χ0) is 16.4. The Labute approximate surface area is 142 Å². The van der Waals surface area contributed by atoms with Crippen LogP contribution in [0.3, 0.4) is 0 Å². The fourth-order valence-electron chi connectivity index (χ4n) is 4.35. The van der Waals surface area contributed by atoms with Gasteiger partial charge in [-0.2, -0.15) is 0 Å². The molecule has 4 heteroatoms. The number of ketones is 1. The van der Waals surface area contributed by atoms with Gasteiger partial charge in [-0.25, -0.2) is 0 Å². The fourth-order valence-corrected chi connectivity index (χ4v) is 4.47. The summed E-state index contributed by atoms with van der Waals surface area (Å²) in [6.07, 6.45) is 5.81. The maximum Gasteiger partial charge on any atom is 0.220 e. The summed E-state index contributed by atoms with van der Waals surface area (Å²) < 4.78 is 0. The molecule has 2 aliphatic carbocycles. The van der Waals surface area contributed by atoms with Gasteiger partial charge in [0, 0.05) is 29.5 Å². The minimum atomic E-state index is -0.0115. The summed E-state index contributed by atoms with van der Waals surface area (Å²) in [4.78, 5) is 24.2. The summed E-state index contributed by atoms with van der Waals surface area (Å²) in [5.41, 5.74) is 0.614. The van der Waals surface area contributed by atoms with Gasteiger partial charge in [-0.05, 0) is 68.2 Å². The Kier molecular flexibility index (Phi) is 5.05. The molecule has 124 valence electrons. The van der Waals surface area contributed by atoms with Crippen molar-refractivity contribution in [2.24, 2.45) is 17.8 Å². The predicted molar refractivity (Wildman–Crippen MR) is 91.6 cm³/mol. The maximum absolute atomic E-state index is 12.1. The second-order valence-corrected chi connectivity index (χ2v) is 7.56. The smallest absolute Gasteiger partial charge is 0.220 e. The molecule has 4 atom stereocenters. The Balaban J connectivity index is 1.44. The summed E-state index contributed by atoms with van der Waals surface area (Å²) in [5, 5.41) is 3.72. The highest BCUT2D eigenvalue weighted by Gasteiger charge is 2.42. The molecule has 0 saturated heterocycles. The van der Waals surface area contributed by atoms with E-state index in [4.69, 9.17) is 11.6 Å². The molecule has 1 N–H and O–H groups in total. The predicted octanol–water partition coefficient (Wildman–Crippen LogP) is 4.24. The van der Waals surface area contributed by atoms with E-state index in [-0.39, 0.29) is 30.6 Å². The Hall–Kier alpha value is -1.35. The monoisotopic (exact) mass is 333 g/mol. The number of carbonyl (C=O) groups excluding carboxylic acids is 2. The van der Waals surface area contributed by atoms with Gasteiger partial charge < -0.3 is 5.32 Å². The van der Waals surface area contributed by atoms with Crippen LogP contribution in [-0.4, -0.2) is 17.7 Å². The van der Waals surface area contributed by atoms with Gasteiger partial charge in [0.1, 0.15) is 0 Å². The fraction of sp³-hybridized carbons (Fsp3) is 0.579. The van der Waals surface area contributed by atoms with Gasteiger partial charge in [-0.15, -0.1) is 0 Å². The number of carbonyl (C=O) groups is 2. The van der Waals surface area contributed by atoms with Crippen LogP contribution in [0, 0.1) is 17.8 Å². The van der Waals surface area contributed by atoms with Gasteiger partial charge in [0.05, 0.1) is 0 Å². The maximum atomic E-state index is 12.1. The van der Waals surface area contributed by atoms with Crippen LogP contribution in [0.15, 0.2) is 24.3 Å². The van der Waals surface area contributed by atoms with Crippen LogP contribution in [0.4, 0.5) is 0 Å². The second kappa shape index (κ2) is 7.04. The number of benzene rings is 1. The van der Waals surface area contributed by atoms with E-state index in [9.17, 15) is 9.59 Å². The third-order valence-corrected chi connectivity index (χ3v) is 5.82. The van der Waals surface area contributed by atoms with E-state index in [0.717, 1.165) is 11.8 Å². The van der Waals surface area contributed by atoms with Crippen molar-refractivity contribution >= 4 is 23.3 Å². The molecule has 0 radical (unpaired) electrons. The molecule has 0 aromatic heterocycles. The van der Waals surface area contributed by atoms with Crippen LogP contribution in [-0.2, 0) is 4.79 Å². The van der Waals surface area contributed by atoms with E-state index in [1.165, 1.54) is 25.7 Å². The van der Waals surface area contributed by atoms with Crippen molar-refractivity contribution in [3.8, 4) is 0 Å². The highest BCUT2D eigenvalue weighted by Crippen LogP contribution is 2.49. The third-order valence-electron chi connectivity index (χ3n) is 5.57. The van der Waals surface area contributed by atoms with Crippen molar-refractivity contribution < 1.29 is 9.59 Å². The number of halogens is 1. The SMILES string of the molecule is C[C@@H](NC(=O)CCC(=O)c1ccc(Cl)cc1)[C@H]1C[C@H]2CC[C@H]1C2. The minimum Gasteiger partial charge on any atom is -0.353 e. The van der Waals surface area contributed by atoms with Crippen molar-refractivity contribution in [2.75, 3.05) is 0 Å². The van der Waals surface area contributed by atoms with Crippen molar-refractivity contribution in [3.63, 3.8) is 0 Å². The van der Waals surface area contributed by atoms with E-state index < -0.39 is 0 Å². The number of Topliss-reactive ketones (excluding diaryl/α,β-unsaturated/α-hetero) is 1. The summed E-state index contributed by atoms with van der Waals surface area (Å²) in [5.74, 6) is 2.29. The lowest BCUT2D eigenvalue weighted by molar-refractivity contribution is -0.122. The first-order valence-corrected chi connectivity index (χ1v) is 8.99. The Bertz CT molecular complexity index is 584. The zero-order valence-corrected chi connectivity index (χ0v) is 14.3. The molecule has 1 aromatic rings. The molecule has 3 rings (SSSR count). The molecule has 23 heavy (non-hydrogen) atoms. The number of nitrogens with one attached hydrogen (secondary N) is 1. The highest BCUT2D eigenvalue weighted by atomic mass is 35.5. The third kappa shape index (κ3) is 3.95. The van der Waals surface area contributed by atoms with Crippen LogP contribution >= 0.6 is 11.6 Å². The number of fused-ring (bicyclic) bond motifs is 2. The molecule has 3 nitrogen and oxygen atoms in total. The summed E-state index contributed by atoms with van der Waals surface area (Å²) in [6, 6.07) is 7.04. The molecule has 1 aromatic carbocycles. The first kappa shape index (κ1) is 16.5. The Morgan fingerprint density at radius 3 is 2.52 bits per heavy atom. The van der Waals surface area contributed by atoms with Crippen molar-refractivity contribution in [1.82, 2.24) is 5.32 Å². The first-order valence-electron chi connectivity index (χ1n) is 8.61. The van der Waals surface area contributed by atoms with Crippen LogP contribution in [0.5, 0.6) is 0 Å². The molecule has 1 amide bonds. The summed E-state index contributed by atoms with van der Waals surface area (Å²) in [6.45, 7) is 2.12. The van der Waals surface area contributed by atoms with E-state index in [0.29, 0.717) is 16.5 Å². The van der Waals surface area contributed by atoms with Gasteiger partial charge in [0.2, 0.25) is 5.91 Å². The van der Waals surface area contributed by atoms with Crippen molar-refractivity contribution in [2.45, 2.75) is 51.5 Å². The largest absolute Gasteiger partial charge is 0.353 e. The molecular weight excluding hydrogens is 310 g/mol. The van der Waals surface area contributed by atoms with E-state index >= 15 is 0 Å². The molecule has 0 spiro atoms. The molecule has 2 fully saturated rings. The summed E-state index contributed by atoms with van der Waals surface area (Å²) in [7, 11) is 0. The Morgan fingerprint density at radius 2 is 1.91 bits per heavy atom. The molecular formula is C19H24ClNO2. The van der Waals surface area contributed by atoms with Gasteiger partial charge in [0.15, 0.2) is 5.78 Å². The topological polar surface area (TPSA) is 46.2 Å². The lowest BCUT2D eigenvalue weighted by atomic mass is 9.84. The number of hydrogen-bond acceptors (Lipinski definition) is 2. The highest BCUT2D eigenvalue weighted by molar-refractivity contribution is 6.30. The second-order valence-electron chi connectivity index (χ2n) is 7.12. The normalized spacial score (nSPS) is 27.0. The summed E-state index contributed by atoms with van der Waals surface area (Å²) >= 11 is 5.81. The molecule has 2 aliphatic rings. The number of rotatable bonds is 6. The average Bonchev–Trinajstić information content (AvgIpc) is 3.16. The lowest BCUT2D eigenvalue weighted by Crippen LogP contribution is -2.40. The molecule has 0 unspecified atom stereocenters. The van der Waals surface area contributed by atoms with Crippen LogP contribution in [0.25, 0.3) is 0 Å². The van der Waals surface area contributed by atoms with E-state index in [1.54, 1.807) is 24.3 Å². The van der Waals surface area contributed by atoms with E-state index in [1.807, 2.05) is 0 Å². The van der Waals surface area contributed by atoms with Crippen molar-refractivity contribution in [3.05, 3.63) is 34.9 Å². The zero-order valence-electron chi connectivity index (χ0n) is 13.6. The van der Waals surface area contributed by atoms with Gasteiger partial charge in [-0.1, -0.05) is 18.0 Å². The van der Waals surface area contributed by atoms with Crippen LogP contribution < -0.4 is 5.32 Å². The minimum absolute atomic E-state index is 0.00982. The van der Waals surface area contributed by atoms with Crippen molar-refractivity contribution in [1.29, 1.82) is 0 Å². The van der Waals surface area contributed by atoms with Crippen LogP contribution in [0.1, 0.15) is 55.8 Å². The standard InChI is InChI=1S/C19H24ClNO2/c1-12(17-11-13-2-3-15(17)10-13)21-19(23)9-8-18(22)14-4-6-16(20)7-5-14/h4-7,12-13,15,17H,2-3,8-11H2,1H3,(H,21,23)/t12-,13+,15+,17-/m1/s1. The number of hydrogen-bond donors (Lipinski definition) is 1. The van der Waals surface area contributed by atoms with Gasteiger partial charge in [-0.3, -0.25) is 9.59 Å². The van der Waals surface area contributed by atoms with Gasteiger partial charge in [0.25, 0.3) is 0 Å². The molecule has 2 saturated carbocycles. The Morgan fingerprint density at radius 1 is 1.17 bits per heavy atom. The first-order chi connectivity index (χ1) is 11.0. The number of amides is 1. The van der Waals surface area contributed by atoms with Crippen LogP contribution in [0.2, 0.25) is 5.02 Å². The lowest BCUT2D eigenvalue weighted by Gasteiger charge is -2.28. The molecule has 0 aliphatic heterocycles. The van der Waals surface area contributed by atoms with E-state index in [2.05, 4.69) is 12.2 Å². The molecule has 2 bridgehead atoms. The quantitative estimate of drug-likeness (QED) is 0.791. The molecule has 0 heterocycles. The van der Waals surface area contributed by atoms with Gasteiger partial charge >= 0.3 is 0 Å².